The SMILES string of the molecule is CCCCn1c2cc(OCCCCn3c4ccccc4c4ccnc(C)c43)ccc2c2ccnc(C)c21. The van der Waals surface area contributed by atoms with Crippen molar-refractivity contribution in [3.63, 3.8) is 0 Å². The molecule has 2 aromatic carbocycles. The van der Waals surface area contributed by atoms with Gasteiger partial charge in [0.15, 0.2) is 0 Å². The maximum atomic E-state index is 6.27. The molecule has 0 atom stereocenters. The van der Waals surface area contributed by atoms with Gasteiger partial charge in [0, 0.05) is 58.6 Å². The fourth-order valence-electron chi connectivity index (χ4n) is 5.81. The summed E-state index contributed by atoms with van der Waals surface area (Å²) >= 11 is 0. The number of pyridine rings is 2. The Balaban J connectivity index is 1.19. The molecular formula is C32H34N4O. The van der Waals surface area contributed by atoms with Crippen LogP contribution in [0.4, 0.5) is 0 Å². The Labute approximate surface area is 217 Å². The van der Waals surface area contributed by atoms with Crippen LogP contribution in [-0.4, -0.2) is 25.7 Å². The van der Waals surface area contributed by atoms with Crippen molar-refractivity contribution in [3.05, 3.63) is 78.4 Å². The van der Waals surface area contributed by atoms with Crippen molar-refractivity contribution >= 4 is 43.6 Å². The minimum Gasteiger partial charge on any atom is -0.494 e. The lowest BCUT2D eigenvalue weighted by Gasteiger charge is -2.11. The van der Waals surface area contributed by atoms with Gasteiger partial charge >= 0.3 is 0 Å². The number of nitrogens with zero attached hydrogens (tertiary/aromatic N) is 4. The Morgan fingerprint density at radius 1 is 0.676 bits per heavy atom. The number of unbranched alkanes of at least 4 members (excludes halogenated alkanes) is 2. The predicted molar refractivity (Wildman–Crippen MR) is 154 cm³/mol. The van der Waals surface area contributed by atoms with Gasteiger partial charge in [0.05, 0.1) is 34.5 Å². The zero-order valence-electron chi connectivity index (χ0n) is 22.0. The quantitative estimate of drug-likeness (QED) is 0.193. The number of hydrogen-bond donors (Lipinski definition) is 0. The number of fused-ring (bicyclic) bond motifs is 6. The minimum absolute atomic E-state index is 0.704. The van der Waals surface area contributed by atoms with Crippen LogP contribution in [-0.2, 0) is 13.1 Å². The molecular weight excluding hydrogens is 456 g/mol. The van der Waals surface area contributed by atoms with E-state index in [4.69, 9.17) is 4.74 Å². The number of benzene rings is 2. The van der Waals surface area contributed by atoms with Crippen molar-refractivity contribution in [3.8, 4) is 5.75 Å². The number of para-hydroxylation sites is 1. The summed E-state index contributed by atoms with van der Waals surface area (Å²) < 4.78 is 11.1. The van der Waals surface area contributed by atoms with Crippen LogP contribution in [0.5, 0.6) is 5.75 Å². The zero-order chi connectivity index (χ0) is 25.4. The van der Waals surface area contributed by atoms with Crippen LogP contribution in [0.3, 0.4) is 0 Å². The standard InChI is InChI=1S/C32H34N4O/c1-4-5-18-36-30-21-24(12-13-26(30)28-15-17-34-23(3)32(28)36)37-20-9-8-19-35-29-11-7-6-10-25(29)27-14-16-33-22(2)31(27)35/h6-7,10-17,21H,4-5,8-9,18-20H2,1-3H3. The van der Waals surface area contributed by atoms with E-state index in [2.05, 4.69) is 94.5 Å². The molecule has 37 heavy (non-hydrogen) atoms. The largest absolute Gasteiger partial charge is 0.494 e. The van der Waals surface area contributed by atoms with E-state index in [9.17, 15) is 0 Å². The van der Waals surface area contributed by atoms with Crippen molar-refractivity contribution < 1.29 is 4.74 Å². The molecule has 0 spiro atoms. The zero-order valence-corrected chi connectivity index (χ0v) is 22.0. The molecule has 4 heterocycles. The van der Waals surface area contributed by atoms with Crippen LogP contribution < -0.4 is 4.74 Å². The van der Waals surface area contributed by atoms with E-state index in [0.29, 0.717) is 6.61 Å². The summed E-state index contributed by atoms with van der Waals surface area (Å²) in [6.07, 6.45) is 8.19. The molecule has 5 heteroatoms. The van der Waals surface area contributed by atoms with Gasteiger partial charge in [-0.1, -0.05) is 31.5 Å². The lowest BCUT2D eigenvalue weighted by molar-refractivity contribution is 0.304. The summed E-state index contributed by atoms with van der Waals surface area (Å²) in [5, 5.41) is 5.15. The Bertz CT molecular complexity index is 1730. The molecule has 0 saturated heterocycles. The Hall–Kier alpha value is -3.86. The predicted octanol–water partition coefficient (Wildman–Crippen LogP) is 7.97. The summed E-state index contributed by atoms with van der Waals surface area (Å²) in [7, 11) is 0. The molecule has 188 valence electrons. The lowest BCUT2D eigenvalue weighted by atomic mass is 10.1. The second-order valence-electron chi connectivity index (χ2n) is 9.99. The second-order valence-corrected chi connectivity index (χ2v) is 9.99. The van der Waals surface area contributed by atoms with Crippen molar-refractivity contribution in [2.24, 2.45) is 0 Å². The fourth-order valence-corrected chi connectivity index (χ4v) is 5.81. The monoisotopic (exact) mass is 490 g/mol. The van der Waals surface area contributed by atoms with Gasteiger partial charge in [-0.15, -0.1) is 0 Å². The molecule has 0 radical (unpaired) electrons. The number of rotatable bonds is 9. The smallest absolute Gasteiger partial charge is 0.121 e. The number of hydrogen-bond acceptors (Lipinski definition) is 3. The van der Waals surface area contributed by atoms with Crippen molar-refractivity contribution in [1.29, 1.82) is 0 Å². The first-order valence-corrected chi connectivity index (χ1v) is 13.5. The summed E-state index contributed by atoms with van der Waals surface area (Å²) in [4.78, 5) is 9.14. The molecule has 0 unspecified atom stereocenters. The molecule has 0 N–H and O–H groups in total. The summed E-state index contributed by atoms with van der Waals surface area (Å²) in [6, 6.07) is 19.5. The highest BCUT2D eigenvalue weighted by Gasteiger charge is 2.14. The Morgan fingerprint density at radius 2 is 1.32 bits per heavy atom. The number of aryl methyl sites for hydroxylation is 4. The van der Waals surface area contributed by atoms with Crippen LogP contribution in [0.2, 0.25) is 0 Å². The fraction of sp³-hybridized carbons (Fsp3) is 0.312. The van der Waals surface area contributed by atoms with Gasteiger partial charge in [-0.2, -0.15) is 0 Å². The number of aromatic nitrogens is 4. The van der Waals surface area contributed by atoms with Gasteiger partial charge < -0.3 is 13.9 Å². The van der Waals surface area contributed by atoms with Crippen molar-refractivity contribution in [1.82, 2.24) is 19.1 Å². The maximum absolute atomic E-state index is 6.27. The molecule has 0 aliphatic heterocycles. The highest BCUT2D eigenvalue weighted by Crippen LogP contribution is 2.33. The van der Waals surface area contributed by atoms with Gasteiger partial charge in [0.2, 0.25) is 0 Å². The second kappa shape index (κ2) is 9.89. The van der Waals surface area contributed by atoms with Crippen LogP contribution in [0.15, 0.2) is 67.0 Å². The third-order valence-electron chi connectivity index (χ3n) is 7.57. The maximum Gasteiger partial charge on any atom is 0.121 e. The molecule has 0 fully saturated rings. The van der Waals surface area contributed by atoms with Crippen LogP contribution in [0.25, 0.3) is 43.6 Å². The average molecular weight is 491 g/mol. The highest BCUT2D eigenvalue weighted by molar-refractivity contribution is 6.09. The first-order chi connectivity index (χ1) is 18.2. The van der Waals surface area contributed by atoms with E-state index in [0.717, 1.165) is 55.9 Å². The topological polar surface area (TPSA) is 44.9 Å². The van der Waals surface area contributed by atoms with E-state index in [1.807, 2.05) is 12.4 Å². The molecule has 0 amide bonds. The summed E-state index contributed by atoms with van der Waals surface area (Å²) in [5.74, 6) is 0.940. The van der Waals surface area contributed by atoms with Crippen LogP contribution in [0.1, 0.15) is 44.0 Å². The summed E-state index contributed by atoms with van der Waals surface area (Å²) in [6.45, 7) is 9.11. The van der Waals surface area contributed by atoms with E-state index in [-0.39, 0.29) is 0 Å². The highest BCUT2D eigenvalue weighted by atomic mass is 16.5. The van der Waals surface area contributed by atoms with Crippen molar-refractivity contribution in [2.45, 2.75) is 59.5 Å². The van der Waals surface area contributed by atoms with E-state index in [1.165, 1.54) is 43.6 Å². The van der Waals surface area contributed by atoms with Crippen LogP contribution in [0, 0.1) is 13.8 Å². The molecule has 0 aliphatic carbocycles. The van der Waals surface area contributed by atoms with Gasteiger partial charge in [-0.05, 0) is 63.4 Å². The van der Waals surface area contributed by atoms with Gasteiger partial charge in [0.1, 0.15) is 5.75 Å². The summed E-state index contributed by atoms with van der Waals surface area (Å²) in [5.41, 5.74) is 7.19. The molecule has 5 nitrogen and oxygen atoms in total. The molecule has 6 aromatic rings. The number of ether oxygens (including phenoxy) is 1. The lowest BCUT2D eigenvalue weighted by Crippen LogP contribution is -2.03. The van der Waals surface area contributed by atoms with Gasteiger partial charge in [0.25, 0.3) is 0 Å². The van der Waals surface area contributed by atoms with E-state index in [1.54, 1.807) is 0 Å². The minimum atomic E-state index is 0.704. The van der Waals surface area contributed by atoms with Crippen molar-refractivity contribution in [2.75, 3.05) is 6.61 Å². The van der Waals surface area contributed by atoms with E-state index >= 15 is 0 Å². The first-order valence-electron chi connectivity index (χ1n) is 13.5. The third-order valence-corrected chi connectivity index (χ3v) is 7.57. The molecule has 6 rings (SSSR count). The molecule has 0 aliphatic rings. The molecule has 0 saturated carbocycles. The van der Waals surface area contributed by atoms with Crippen LogP contribution >= 0.6 is 0 Å². The van der Waals surface area contributed by atoms with Gasteiger partial charge in [-0.25, -0.2) is 0 Å². The molecule has 4 aromatic heterocycles. The average Bonchev–Trinajstić information content (AvgIpc) is 3.41. The Morgan fingerprint density at radius 3 is 2.05 bits per heavy atom. The third kappa shape index (κ3) is 4.12. The molecule has 0 bridgehead atoms. The van der Waals surface area contributed by atoms with Gasteiger partial charge in [-0.3, -0.25) is 9.97 Å². The normalized spacial score (nSPS) is 11.9. The van der Waals surface area contributed by atoms with E-state index < -0.39 is 0 Å². The Kier molecular flexibility index (Phi) is 6.29. The first kappa shape index (κ1) is 23.5.